The molecule has 0 amide bonds. The Morgan fingerprint density at radius 3 is 2.61 bits per heavy atom. The maximum Gasteiger partial charge on any atom is 0.248 e. The Kier molecular flexibility index (Phi) is 2.81. The minimum absolute atomic E-state index is 0.0432. The summed E-state index contributed by atoms with van der Waals surface area (Å²) >= 11 is 0. The Bertz CT molecular complexity index is 458. The van der Waals surface area contributed by atoms with E-state index in [9.17, 15) is 8.78 Å². The molecule has 0 bridgehead atoms. The van der Waals surface area contributed by atoms with E-state index >= 15 is 0 Å². The van der Waals surface area contributed by atoms with Gasteiger partial charge in [0.25, 0.3) is 0 Å². The van der Waals surface area contributed by atoms with E-state index < -0.39 is 5.92 Å². The molecule has 3 nitrogen and oxygen atoms in total. The van der Waals surface area contributed by atoms with Crippen LogP contribution in [0, 0.1) is 0 Å². The van der Waals surface area contributed by atoms with Gasteiger partial charge in [0.2, 0.25) is 5.92 Å². The zero-order chi connectivity index (χ0) is 12.8. The minimum atomic E-state index is -2.54. The van der Waals surface area contributed by atoms with Crippen LogP contribution >= 0.6 is 0 Å². The van der Waals surface area contributed by atoms with Crippen LogP contribution < -0.4 is 5.73 Å². The largest absolute Gasteiger partial charge is 0.326 e. The second-order valence-electron chi connectivity index (χ2n) is 5.41. The van der Waals surface area contributed by atoms with Crippen LogP contribution in [0.1, 0.15) is 61.0 Å². The third-order valence-electron chi connectivity index (χ3n) is 3.87. The van der Waals surface area contributed by atoms with E-state index in [0.717, 1.165) is 24.1 Å². The summed E-state index contributed by atoms with van der Waals surface area (Å²) in [7, 11) is 0. The van der Waals surface area contributed by atoms with Crippen molar-refractivity contribution >= 4 is 0 Å². The van der Waals surface area contributed by atoms with E-state index in [1.165, 1.54) is 0 Å². The van der Waals surface area contributed by atoms with Gasteiger partial charge in [-0.15, -0.1) is 0 Å². The van der Waals surface area contributed by atoms with Gasteiger partial charge in [0.05, 0.1) is 5.69 Å². The molecule has 98 valence electrons. The van der Waals surface area contributed by atoms with Gasteiger partial charge in [0.15, 0.2) is 0 Å². The molecule has 5 heteroatoms. The molecule has 1 heterocycles. The van der Waals surface area contributed by atoms with E-state index in [1.807, 2.05) is 0 Å². The number of alkyl halides is 2. The summed E-state index contributed by atoms with van der Waals surface area (Å²) in [4.78, 5) is 8.77. The van der Waals surface area contributed by atoms with E-state index in [-0.39, 0.29) is 18.8 Å². The quantitative estimate of drug-likeness (QED) is 0.901. The molecule has 1 unspecified atom stereocenters. The highest BCUT2D eigenvalue weighted by Crippen LogP contribution is 2.45. The maximum atomic E-state index is 13.2. The topological polar surface area (TPSA) is 51.8 Å². The molecular weight excluding hydrogens is 236 g/mol. The highest BCUT2D eigenvalue weighted by Gasteiger charge is 2.41. The lowest BCUT2D eigenvalue weighted by Crippen LogP contribution is -2.12. The van der Waals surface area contributed by atoms with Gasteiger partial charge >= 0.3 is 0 Å². The van der Waals surface area contributed by atoms with Crippen LogP contribution in [0.2, 0.25) is 0 Å². The molecule has 1 aromatic heterocycles. The van der Waals surface area contributed by atoms with Gasteiger partial charge < -0.3 is 5.73 Å². The summed E-state index contributed by atoms with van der Waals surface area (Å²) in [5.74, 6) is -1.66. The lowest BCUT2D eigenvalue weighted by atomic mass is 10.1. The molecule has 2 aliphatic rings. The maximum absolute atomic E-state index is 13.2. The highest BCUT2D eigenvalue weighted by atomic mass is 19.3. The molecule has 0 aliphatic heterocycles. The second kappa shape index (κ2) is 4.23. The van der Waals surface area contributed by atoms with Crippen molar-refractivity contribution in [1.29, 1.82) is 0 Å². The Balaban J connectivity index is 1.87. The smallest absolute Gasteiger partial charge is 0.248 e. The molecule has 2 aliphatic carbocycles. The molecular formula is C13H17F2N3. The van der Waals surface area contributed by atoms with Crippen LogP contribution in [0.25, 0.3) is 0 Å². The predicted octanol–water partition coefficient (Wildman–Crippen LogP) is 2.72. The van der Waals surface area contributed by atoms with Crippen LogP contribution in [-0.2, 0) is 6.54 Å². The molecule has 0 radical (unpaired) electrons. The van der Waals surface area contributed by atoms with Gasteiger partial charge in [-0.2, -0.15) is 0 Å². The Morgan fingerprint density at radius 1 is 1.28 bits per heavy atom. The molecule has 1 aromatic rings. The Hall–Kier alpha value is -1.10. The number of nitrogens with two attached hydrogens (primary N) is 1. The van der Waals surface area contributed by atoms with E-state index in [1.54, 1.807) is 6.20 Å². The number of nitrogens with zero attached hydrogens (tertiary/aromatic N) is 2. The van der Waals surface area contributed by atoms with Crippen molar-refractivity contribution in [2.45, 2.75) is 56.4 Å². The third-order valence-corrected chi connectivity index (χ3v) is 3.87. The normalized spacial score (nSPS) is 26.5. The Morgan fingerprint density at radius 2 is 2.06 bits per heavy atom. The molecule has 18 heavy (non-hydrogen) atoms. The number of hydrogen-bond donors (Lipinski definition) is 1. The molecule has 2 fully saturated rings. The van der Waals surface area contributed by atoms with Gasteiger partial charge in [-0.05, 0) is 19.3 Å². The average molecular weight is 253 g/mol. The fourth-order valence-corrected chi connectivity index (χ4v) is 2.67. The summed E-state index contributed by atoms with van der Waals surface area (Å²) in [5.41, 5.74) is 7.62. The van der Waals surface area contributed by atoms with Gasteiger partial charge in [-0.3, -0.25) is 0 Å². The van der Waals surface area contributed by atoms with Crippen molar-refractivity contribution in [2.75, 3.05) is 0 Å². The van der Waals surface area contributed by atoms with E-state index in [4.69, 9.17) is 5.73 Å². The molecule has 0 spiro atoms. The summed E-state index contributed by atoms with van der Waals surface area (Å²) in [6, 6.07) is 0. The number of hydrogen-bond acceptors (Lipinski definition) is 3. The molecule has 2 saturated carbocycles. The number of halogens is 2. The van der Waals surface area contributed by atoms with Crippen molar-refractivity contribution in [3.8, 4) is 0 Å². The van der Waals surface area contributed by atoms with E-state index in [0.29, 0.717) is 24.7 Å². The van der Waals surface area contributed by atoms with Crippen molar-refractivity contribution in [3.05, 3.63) is 23.3 Å². The standard InChI is InChI=1S/C13H17F2N3/c14-13(15)4-3-9(5-13)12-17-7-10(6-16)11(18-12)8-1-2-8/h7-9H,1-6,16H2. The van der Waals surface area contributed by atoms with E-state index in [2.05, 4.69) is 9.97 Å². The molecule has 0 aromatic carbocycles. The number of rotatable bonds is 3. The first-order valence-corrected chi connectivity index (χ1v) is 6.52. The molecule has 0 saturated heterocycles. The van der Waals surface area contributed by atoms with Crippen LogP contribution in [-0.4, -0.2) is 15.9 Å². The third kappa shape index (κ3) is 2.23. The van der Waals surface area contributed by atoms with Crippen LogP contribution in [0.4, 0.5) is 8.78 Å². The predicted molar refractivity (Wildman–Crippen MR) is 63.4 cm³/mol. The van der Waals surface area contributed by atoms with Crippen LogP contribution in [0.5, 0.6) is 0 Å². The highest BCUT2D eigenvalue weighted by molar-refractivity contribution is 5.26. The van der Waals surface area contributed by atoms with Crippen LogP contribution in [0.3, 0.4) is 0 Å². The first kappa shape index (κ1) is 12.0. The zero-order valence-electron chi connectivity index (χ0n) is 10.2. The molecule has 1 atom stereocenters. The SMILES string of the molecule is NCc1cnc(C2CCC(F)(F)C2)nc1C1CC1. The summed E-state index contributed by atoms with van der Waals surface area (Å²) in [5, 5.41) is 0. The fourth-order valence-electron chi connectivity index (χ4n) is 2.67. The lowest BCUT2D eigenvalue weighted by Gasteiger charge is -2.12. The second-order valence-corrected chi connectivity index (χ2v) is 5.41. The van der Waals surface area contributed by atoms with Gasteiger partial charge in [-0.25, -0.2) is 18.7 Å². The molecule has 2 N–H and O–H groups in total. The van der Waals surface area contributed by atoms with Gasteiger partial charge in [0, 0.05) is 43.0 Å². The fraction of sp³-hybridized carbons (Fsp3) is 0.692. The zero-order valence-corrected chi connectivity index (χ0v) is 10.2. The molecule has 3 rings (SSSR count). The summed E-state index contributed by atoms with van der Waals surface area (Å²) < 4.78 is 26.4. The lowest BCUT2D eigenvalue weighted by molar-refractivity contribution is 0.00753. The van der Waals surface area contributed by atoms with Crippen molar-refractivity contribution < 1.29 is 8.78 Å². The number of aromatic nitrogens is 2. The first-order valence-electron chi connectivity index (χ1n) is 6.52. The van der Waals surface area contributed by atoms with Gasteiger partial charge in [-0.1, -0.05) is 0 Å². The van der Waals surface area contributed by atoms with Gasteiger partial charge in [0.1, 0.15) is 5.82 Å². The van der Waals surface area contributed by atoms with Crippen molar-refractivity contribution in [3.63, 3.8) is 0 Å². The summed E-state index contributed by atoms with van der Waals surface area (Å²) in [6.07, 6.45) is 4.32. The van der Waals surface area contributed by atoms with Crippen LogP contribution in [0.15, 0.2) is 6.20 Å². The Labute approximate surface area is 105 Å². The minimum Gasteiger partial charge on any atom is -0.326 e. The van der Waals surface area contributed by atoms with Crippen molar-refractivity contribution in [2.24, 2.45) is 5.73 Å². The van der Waals surface area contributed by atoms with Crippen molar-refractivity contribution in [1.82, 2.24) is 9.97 Å². The average Bonchev–Trinajstić information content (AvgIpc) is 3.13. The summed E-state index contributed by atoms with van der Waals surface area (Å²) in [6.45, 7) is 0.424. The first-order chi connectivity index (χ1) is 8.59. The monoisotopic (exact) mass is 253 g/mol.